The maximum absolute atomic E-state index is 13.6. The standard InChI is InChI=1S/C46H56N6O8/c1-29-9-7-8-17-46(36-11-6-5-10-33(36)41(29)34-15-13-31(47)26-37(34)46)18-16-40(53)49(2)19-21-58-23-24-59-22-20-50(3)43(55)39-27-32(48)28-52(39)42(54)30-12-14-35-38(25-30)51(4)45(57)60-44(35)56/h5-15,17,25-26,29,32-33,36,39,41H,16,18-24,27-28,47-48H2,1-4H3/b9-7-,17-8-. The van der Waals surface area contributed by atoms with Crippen LogP contribution in [0.5, 0.6) is 0 Å². The topological polar surface area (TPSA) is 184 Å². The number of likely N-dealkylation sites (N-methyl/N-ethyl adjacent to an activating group) is 2. The second kappa shape index (κ2) is 18.0. The highest BCUT2D eigenvalue weighted by Gasteiger charge is 2.51. The zero-order valence-corrected chi connectivity index (χ0v) is 34.8. The van der Waals surface area contributed by atoms with Crippen molar-refractivity contribution in [1.82, 2.24) is 19.3 Å². The molecule has 0 radical (unpaired) electrons. The predicted octanol–water partition coefficient (Wildman–Crippen LogP) is 3.50. The minimum absolute atomic E-state index is 0.0513. The van der Waals surface area contributed by atoms with Crippen LogP contribution in [0.4, 0.5) is 5.69 Å². The molecule has 60 heavy (non-hydrogen) atoms. The number of fused-ring (bicyclic) bond motifs is 4. The first-order valence-corrected chi connectivity index (χ1v) is 20.8. The van der Waals surface area contributed by atoms with Crippen LogP contribution in [0.1, 0.15) is 53.6 Å². The first kappa shape index (κ1) is 42.6. The van der Waals surface area contributed by atoms with Crippen LogP contribution in [-0.4, -0.2) is 109 Å². The Labute approximate surface area is 349 Å². The van der Waals surface area contributed by atoms with Gasteiger partial charge in [-0.1, -0.05) is 61.6 Å². The molecule has 3 aromatic rings. The Hall–Kier alpha value is -5.57. The van der Waals surface area contributed by atoms with Crippen molar-refractivity contribution in [3.8, 4) is 0 Å². The monoisotopic (exact) mass is 820 g/mol. The van der Waals surface area contributed by atoms with Gasteiger partial charge in [-0.05, 0) is 78.0 Å². The number of nitrogens with two attached hydrogens (primary N) is 2. The number of benzene rings is 2. The summed E-state index contributed by atoms with van der Waals surface area (Å²) in [5, 5.41) is 0.164. The highest BCUT2D eigenvalue weighted by atomic mass is 16.5. The molecule has 3 amide bonds. The molecule has 0 saturated carbocycles. The SMILES string of the molecule is CC1/C=C\C=C/C2(CCC(=O)N(C)CCOCCOCCN(C)C(=O)C3CC(N)CN3C(=O)c3ccc4c(=O)oc(=O)n(C)c4c3)c3cc(N)ccc3C1C1C=CC=CC12. The minimum atomic E-state index is -0.839. The number of allylic oxidation sites excluding steroid dienone is 8. The van der Waals surface area contributed by atoms with Crippen molar-refractivity contribution in [1.29, 1.82) is 0 Å². The largest absolute Gasteiger partial charge is 0.422 e. The van der Waals surface area contributed by atoms with Crippen LogP contribution in [-0.2, 0) is 31.5 Å². The number of ether oxygens (including phenoxy) is 2. The van der Waals surface area contributed by atoms with Crippen molar-refractivity contribution < 1.29 is 28.3 Å². The number of carbonyl (C=O) groups excluding carboxylic acids is 3. The molecule has 2 aromatic carbocycles. The third-order valence-corrected chi connectivity index (χ3v) is 12.8. The van der Waals surface area contributed by atoms with Crippen molar-refractivity contribution in [2.75, 3.05) is 65.9 Å². The van der Waals surface area contributed by atoms with E-state index in [0.717, 1.165) is 10.3 Å². The Morgan fingerprint density at radius 2 is 1.63 bits per heavy atom. The van der Waals surface area contributed by atoms with E-state index in [-0.39, 0.29) is 59.3 Å². The molecule has 318 valence electrons. The second-order valence-electron chi connectivity index (χ2n) is 16.6. The lowest BCUT2D eigenvalue weighted by molar-refractivity contribution is -0.135. The van der Waals surface area contributed by atoms with Crippen molar-refractivity contribution in [3.63, 3.8) is 0 Å². The molecule has 1 fully saturated rings. The summed E-state index contributed by atoms with van der Waals surface area (Å²) in [6.45, 7) is 4.42. The summed E-state index contributed by atoms with van der Waals surface area (Å²) in [5.41, 5.74) is 15.2. The number of rotatable bonds is 14. The fraction of sp³-hybridized carbons (Fsp3) is 0.457. The van der Waals surface area contributed by atoms with Crippen molar-refractivity contribution in [2.24, 2.45) is 30.5 Å². The van der Waals surface area contributed by atoms with Gasteiger partial charge in [0.1, 0.15) is 6.04 Å². The molecule has 1 saturated heterocycles. The molecule has 2 bridgehead atoms. The van der Waals surface area contributed by atoms with Crippen molar-refractivity contribution in [2.45, 2.75) is 49.6 Å². The maximum atomic E-state index is 13.6. The van der Waals surface area contributed by atoms with E-state index in [2.05, 4.69) is 67.7 Å². The van der Waals surface area contributed by atoms with Gasteiger partial charge in [-0.25, -0.2) is 9.59 Å². The predicted molar refractivity (Wildman–Crippen MR) is 229 cm³/mol. The maximum Gasteiger partial charge on any atom is 0.422 e. The third kappa shape index (κ3) is 8.41. The lowest BCUT2D eigenvalue weighted by Crippen LogP contribution is -2.47. The fourth-order valence-corrected chi connectivity index (χ4v) is 9.57. The van der Waals surface area contributed by atoms with Gasteiger partial charge < -0.3 is 40.1 Å². The molecule has 2 heterocycles. The van der Waals surface area contributed by atoms with Gasteiger partial charge in [-0.15, -0.1) is 0 Å². The number of likely N-dealkylation sites (tertiary alicyclic amines) is 1. The molecule has 4 aliphatic rings. The van der Waals surface area contributed by atoms with E-state index in [9.17, 15) is 24.0 Å². The number of anilines is 1. The Morgan fingerprint density at radius 3 is 2.40 bits per heavy atom. The van der Waals surface area contributed by atoms with E-state index in [1.54, 1.807) is 11.9 Å². The zero-order chi connectivity index (χ0) is 42.7. The molecule has 7 unspecified atom stereocenters. The molecule has 1 aliphatic heterocycles. The van der Waals surface area contributed by atoms with Crippen LogP contribution in [0.3, 0.4) is 0 Å². The highest BCUT2D eigenvalue weighted by Crippen LogP contribution is 2.57. The summed E-state index contributed by atoms with van der Waals surface area (Å²) in [5.74, 6) is -0.316. The summed E-state index contributed by atoms with van der Waals surface area (Å²) in [4.78, 5) is 69.6. The van der Waals surface area contributed by atoms with Gasteiger partial charge >= 0.3 is 11.4 Å². The van der Waals surface area contributed by atoms with E-state index < -0.39 is 29.4 Å². The molecule has 0 spiro atoms. The number of nitrogen functional groups attached to an aromatic ring is 1. The first-order chi connectivity index (χ1) is 28.8. The minimum Gasteiger partial charge on any atom is -0.399 e. The molecule has 7 rings (SSSR count). The first-order valence-electron chi connectivity index (χ1n) is 20.8. The van der Waals surface area contributed by atoms with Crippen LogP contribution >= 0.6 is 0 Å². The summed E-state index contributed by atoms with van der Waals surface area (Å²) in [6.07, 6.45) is 19.2. The summed E-state index contributed by atoms with van der Waals surface area (Å²) < 4.78 is 17.4. The van der Waals surface area contributed by atoms with Crippen LogP contribution in [0.15, 0.2) is 99.0 Å². The molecule has 14 heteroatoms. The Kier molecular flexibility index (Phi) is 12.7. The number of hydrogen-bond donors (Lipinski definition) is 2. The average molecular weight is 821 g/mol. The summed E-state index contributed by atoms with van der Waals surface area (Å²) in [6, 6.07) is 9.51. The molecule has 3 aliphatic carbocycles. The van der Waals surface area contributed by atoms with Crippen LogP contribution in [0.25, 0.3) is 10.9 Å². The van der Waals surface area contributed by atoms with Crippen molar-refractivity contribution >= 4 is 34.3 Å². The summed E-state index contributed by atoms with van der Waals surface area (Å²) >= 11 is 0. The number of amides is 3. The lowest BCUT2D eigenvalue weighted by atomic mass is 9.52. The van der Waals surface area contributed by atoms with Crippen molar-refractivity contribution in [3.05, 3.63) is 123 Å². The van der Waals surface area contributed by atoms with E-state index in [1.165, 1.54) is 46.2 Å². The molecule has 14 nitrogen and oxygen atoms in total. The van der Waals surface area contributed by atoms with Gasteiger partial charge in [0, 0.05) is 69.9 Å². The van der Waals surface area contributed by atoms with Gasteiger partial charge in [0.2, 0.25) is 11.8 Å². The quantitative estimate of drug-likeness (QED) is 0.180. The molecular weight excluding hydrogens is 765 g/mol. The van der Waals surface area contributed by atoms with Gasteiger partial charge in [-0.2, -0.15) is 0 Å². The number of nitrogens with zero attached hydrogens (tertiary/aromatic N) is 4. The van der Waals surface area contributed by atoms with Gasteiger partial charge in [-0.3, -0.25) is 19.0 Å². The smallest absolute Gasteiger partial charge is 0.399 e. The second-order valence-corrected chi connectivity index (χ2v) is 16.6. The number of aryl methyl sites for hydroxylation is 1. The van der Waals surface area contributed by atoms with E-state index >= 15 is 0 Å². The van der Waals surface area contributed by atoms with Gasteiger partial charge in [0.15, 0.2) is 0 Å². The van der Waals surface area contributed by atoms with Gasteiger partial charge in [0.25, 0.3) is 5.91 Å². The third-order valence-electron chi connectivity index (χ3n) is 12.8. The van der Waals surface area contributed by atoms with Crippen LogP contribution < -0.4 is 22.8 Å². The van der Waals surface area contributed by atoms with E-state index in [1.807, 2.05) is 13.1 Å². The Morgan fingerprint density at radius 1 is 0.917 bits per heavy atom. The van der Waals surface area contributed by atoms with E-state index in [4.69, 9.17) is 25.4 Å². The summed E-state index contributed by atoms with van der Waals surface area (Å²) in [7, 11) is 4.91. The van der Waals surface area contributed by atoms with Crippen LogP contribution in [0, 0.1) is 17.8 Å². The molecule has 4 N–H and O–H groups in total. The number of aromatic nitrogens is 1. The normalized spacial score (nSPS) is 26.2. The molecular formula is C46H56N6O8. The Balaban J connectivity index is 0.856. The van der Waals surface area contributed by atoms with E-state index in [0.29, 0.717) is 63.4 Å². The number of hydrogen-bond acceptors (Lipinski definition) is 10. The van der Waals surface area contributed by atoms with Crippen LogP contribution in [0.2, 0.25) is 0 Å². The van der Waals surface area contributed by atoms with Gasteiger partial charge in [0.05, 0.1) is 37.3 Å². The number of carbonyl (C=O) groups is 3. The molecule has 1 aromatic heterocycles. The fourth-order valence-electron chi connectivity index (χ4n) is 9.57. The Bertz CT molecular complexity index is 2360. The lowest BCUT2D eigenvalue weighted by Gasteiger charge is -2.51. The molecule has 7 atom stereocenters. The average Bonchev–Trinajstić information content (AvgIpc) is 3.67. The zero-order valence-electron chi connectivity index (χ0n) is 34.8. The highest BCUT2D eigenvalue weighted by molar-refractivity contribution is 6.00.